The number of methoxy groups -OCH3 is 1. The standard InChI is InChI=1S/C25H29FN2O4/c1-25(11-13-28(2)14-12-25)20-10-9-19(21(26)16-20)15-22(23(29)31-3)27-24(30)32-17-18-7-5-4-6-8-18/h4-10,16H,11-15,17H2,1-3H3. The second-order valence-electron chi connectivity index (χ2n) is 8.44. The maximum Gasteiger partial charge on any atom is 0.434 e. The molecule has 1 heterocycles. The normalized spacial score (nSPS) is 16.4. The monoisotopic (exact) mass is 440 g/mol. The van der Waals surface area contributed by atoms with E-state index in [1.165, 1.54) is 13.2 Å². The topological polar surface area (TPSA) is 68.2 Å². The molecular formula is C25H29FN2O4. The highest BCUT2D eigenvalue weighted by atomic mass is 19.1. The zero-order chi connectivity index (χ0) is 23.1. The zero-order valence-corrected chi connectivity index (χ0v) is 18.8. The third kappa shape index (κ3) is 6.01. The Morgan fingerprint density at radius 3 is 2.44 bits per heavy atom. The SMILES string of the molecule is COC(=O)C(Cc1ccc(C2(C)CCN(C)CC2)cc1F)=NC(=O)OCc1ccccc1. The molecule has 0 aliphatic carbocycles. The molecule has 7 heteroatoms. The quantitative estimate of drug-likeness (QED) is 0.495. The summed E-state index contributed by atoms with van der Waals surface area (Å²) in [6, 6.07) is 14.2. The summed E-state index contributed by atoms with van der Waals surface area (Å²) < 4.78 is 24.8. The molecule has 1 saturated heterocycles. The average molecular weight is 441 g/mol. The zero-order valence-electron chi connectivity index (χ0n) is 18.8. The van der Waals surface area contributed by atoms with Crippen LogP contribution in [0.25, 0.3) is 0 Å². The van der Waals surface area contributed by atoms with E-state index in [4.69, 9.17) is 9.47 Å². The molecular weight excluding hydrogens is 411 g/mol. The molecule has 0 saturated carbocycles. The highest BCUT2D eigenvalue weighted by Gasteiger charge is 2.31. The van der Waals surface area contributed by atoms with Crippen molar-refractivity contribution in [2.24, 2.45) is 4.99 Å². The van der Waals surface area contributed by atoms with Crippen molar-refractivity contribution < 1.29 is 23.5 Å². The fourth-order valence-corrected chi connectivity index (χ4v) is 3.78. The van der Waals surface area contributed by atoms with Crippen molar-refractivity contribution in [3.05, 3.63) is 71.0 Å². The van der Waals surface area contributed by atoms with Crippen LogP contribution in [0.15, 0.2) is 53.5 Å². The first kappa shape index (κ1) is 23.6. The van der Waals surface area contributed by atoms with Gasteiger partial charge in [-0.25, -0.2) is 14.0 Å². The molecule has 0 aromatic heterocycles. The molecule has 0 bridgehead atoms. The summed E-state index contributed by atoms with van der Waals surface area (Å²) in [7, 11) is 3.27. The number of rotatable bonds is 6. The van der Waals surface area contributed by atoms with E-state index in [1.807, 2.05) is 24.3 Å². The minimum Gasteiger partial charge on any atom is -0.465 e. The molecule has 0 unspecified atom stereocenters. The van der Waals surface area contributed by atoms with Crippen LogP contribution in [0.1, 0.15) is 36.5 Å². The van der Waals surface area contributed by atoms with Gasteiger partial charge in [0.15, 0.2) is 0 Å². The molecule has 2 aromatic carbocycles. The van der Waals surface area contributed by atoms with Crippen LogP contribution in [-0.4, -0.2) is 49.9 Å². The number of carbonyl (C=O) groups is 2. The summed E-state index contributed by atoms with van der Waals surface area (Å²) in [5.74, 6) is -1.23. The number of amides is 1. The van der Waals surface area contributed by atoms with E-state index in [-0.39, 0.29) is 29.7 Å². The van der Waals surface area contributed by atoms with Crippen molar-refractivity contribution in [3.8, 4) is 0 Å². The van der Waals surface area contributed by atoms with Crippen LogP contribution in [0.2, 0.25) is 0 Å². The highest BCUT2D eigenvalue weighted by molar-refractivity contribution is 6.38. The van der Waals surface area contributed by atoms with Crippen LogP contribution in [-0.2, 0) is 32.7 Å². The number of benzene rings is 2. The number of piperidine rings is 1. The number of hydrogen-bond donors (Lipinski definition) is 0. The minimum atomic E-state index is -0.926. The van der Waals surface area contributed by atoms with E-state index in [0.29, 0.717) is 0 Å². The van der Waals surface area contributed by atoms with Gasteiger partial charge in [0.1, 0.15) is 18.1 Å². The fourth-order valence-electron chi connectivity index (χ4n) is 3.78. The maximum atomic E-state index is 15.0. The first-order valence-electron chi connectivity index (χ1n) is 10.6. The molecule has 1 fully saturated rings. The van der Waals surface area contributed by atoms with Crippen LogP contribution in [0.3, 0.4) is 0 Å². The summed E-state index contributed by atoms with van der Waals surface area (Å²) in [5.41, 5.74) is 1.70. The van der Waals surface area contributed by atoms with Gasteiger partial charge >= 0.3 is 12.1 Å². The van der Waals surface area contributed by atoms with Crippen molar-refractivity contribution in [2.75, 3.05) is 27.2 Å². The average Bonchev–Trinajstić information content (AvgIpc) is 2.80. The third-order valence-corrected chi connectivity index (χ3v) is 6.05. The molecule has 6 nitrogen and oxygen atoms in total. The number of esters is 1. The van der Waals surface area contributed by atoms with E-state index in [2.05, 4.69) is 23.9 Å². The van der Waals surface area contributed by atoms with Crippen LogP contribution < -0.4 is 0 Å². The van der Waals surface area contributed by atoms with Gasteiger partial charge in [-0.2, -0.15) is 4.99 Å². The van der Waals surface area contributed by atoms with Crippen molar-refractivity contribution >= 4 is 17.8 Å². The van der Waals surface area contributed by atoms with E-state index in [0.717, 1.165) is 37.1 Å². The van der Waals surface area contributed by atoms with E-state index >= 15 is 0 Å². The predicted molar refractivity (Wildman–Crippen MR) is 120 cm³/mol. The molecule has 0 spiro atoms. The lowest BCUT2D eigenvalue weighted by molar-refractivity contribution is -0.132. The summed E-state index contributed by atoms with van der Waals surface area (Å²) >= 11 is 0. The Balaban J connectivity index is 1.73. The second-order valence-corrected chi connectivity index (χ2v) is 8.44. The number of nitrogens with zero attached hydrogens (tertiary/aromatic N) is 2. The summed E-state index contributed by atoms with van der Waals surface area (Å²) in [6.07, 6.45) is 0.804. The highest BCUT2D eigenvalue weighted by Crippen LogP contribution is 2.35. The number of ether oxygens (including phenoxy) is 2. The maximum absolute atomic E-state index is 15.0. The lowest BCUT2D eigenvalue weighted by atomic mass is 9.74. The van der Waals surface area contributed by atoms with Gasteiger partial charge in [-0.3, -0.25) is 0 Å². The van der Waals surface area contributed by atoms with Gasteiger partial charge in [0.2, 0.25) is 0 Å². The molecule has 0 atom stereocenters. The molecule has 2 aromatic rings. The first-order chi connectivity index (χ1) is 15.3. The Kier molecular flexibility index (Phi) is 7.75. The fraction of sp³-hybridized carbons (Fsp3) is 0.400. The lowest BCUT2D eigenvalue weighted by Crippen LogP contribution is -2.38. The Labute approximate surface area is 188 Å². The van der Waals surface area contributed by atoms with Gasteiger partial charge in [0, 0.05) is 6.42 Å². The molecule has 0 N–H and O–H groups in total. The molecule has 1 aliphatic rings. The molecule has 170 valence electrons. The first-order valence-corrected chi connectivity index (χ1v) is 10.6. The number of likely N-dealkylation sites (tertiary alicyclic amines) is 1. The van der Waals surface area contributed by atoms with Gasteiger partial charge in [-0.1, -0.05) is 49.4 Å². The molecule has 3 rings (SSSR count). The summed E-state index contributed by atoms with van der Waals surface area (Å²) in [6.45, 7) is 4.10. The van der Waals surface area contributed by atoms with Gasteiger partial charge < -0.3 is 14.4 Å². The van der Waals surface area contributed by atoms with Crippen molar-refractivity contribution in [3.63, 3.8) is 0 Å². The molecule has 1 amide bonds. The number of carbonyl (C=O) groups excluding carboxylic acids is 2. The van der Waals surface area contributed by atoms with Crippen molar-refractivity contribution in [2.45, 2.75) is 38.2 Å². The summed E-state index contributed by atoms with van der Waals surface area (Å²) in [5, 5.41) is 0. The van der Waals surface area contributed by atoms with E-state index in [1.54, 1.807) is 18.2 Å². The van der Waals surface area contributed by atoms with Gasteiger partial charge in [0.25, 0.3) is 0 Å². The number of halogens is 1. The lowest BCUT2D eigenvalue weighted by Gasteiger charge is -2.38. The second kappa shape index (κ2) is 10.5. The van der Waals surface area contributed by atoms with Crippen LogP contribution in [0.5, 0.6) is 0 Å². The van der Waals surface area contributed by atoms with Crippen molar-refractivity contribution in [1.82, 2.24) is 4.90 Å². The van der Waals surface area contributed by atoms with E-state index < -0.39 is 17.9 Å². The largest absolute Gasteiger partial charge is 0.465 e. The Bertz CT molecular complexity index is 983. The van der Waals surface area contributed by atoms with Crippen LogP contribution >= 0.6 is 0 Å². The van der Waals surface area contributed by atoms with Crippen molar-refractivity contribution in [1.29, 1.82) is 0 Å². The predicted octanol–water partition coefficient (Wildman–Crippen LogP) is 4.30. The summed E-state index contributed by atoms with van der Waals surface area (Å²) in [4.78, 5) is 30.3. The minimum absolute atomic E-state index is 0.0223. The molecule has 1 aliphatic heterocycles. The Hall–Kier alpha value is -3.06. The number of hydrogen-bond acceptors (Lipinski definition) is 5. The van der Waals surface area contributed by atoms with E-state index in [9.17, 15) is 14.0 Å². The van der Waals surface area contributed by atoms with Gasteiger partial charge in [0.05, 0.1) is 7.11 Å². The Morgan fingerprint density at radius 1 is 1.12 bits per heavy atom. The smallest absolute Gasteiger partial charge is 0.434 e. The van der Waals surface area contributed by atoms with Crippen LogP contribution in [0.4, 0.5) is 9.18 Å². The molecule has 32 heavy (non-hydrogen) atoms. The van der Waals surface area contributed by atoms with Gasteiger partial charge in [-0.05, 0) is 61.2 Å². The third-order valence-electron chi connectivity index (χ3n) is 6.05. The number of aliphatic imine (C=N–C) groups is 1. The molecule has 0 radical (unpaired) electrons. The van der Waals surface area contributed by atoms with Crippen LogP contribution in [0, 0.1) is 5.82 Å². The van der Waals surface area contributed by atoms with Gasteiger partial charge in [-0.15, -0.1) is 0 Å². The Morgan fingerprint density at radius 2 is 1.81 bits per heavy atom.